The minimum atomic E-state index is 0.909. The van der Waals surface area contributed by atoms with Gasteiger partial charge in [-0.1, -0.05) is 27.7 Å². The molecule has 0 bridgehead atoms. The Morgan fingerprint density at radius 1 is 1.36 bits per heavy atom. The summed E-state index contributed by atoms with van der Waals surface area (Å²) in [6, 6.07) is 8.35. The zero-order valence-electron chi connectivity index (χ0n) is 7.90. The molecule has 1 aromatic rings. The monoisotopic (exact) mass is 270 g/mol. The number of aliphatic imine (C=N–C) groups is 1. The molecule has 0 saturated heterocycles. The second-order valence-electron chi connectivity index (χ2n) is 3.00. The van der Waals surface area contributed by atoms with Gasteiger partial charge in [0.25, 0.3) is 0 Å². The van der Waals surface area contributed by atoms with E-state index in [-0.39, 0.29) is 0 Å². The van der Waals surface area contributed by atoms with Crippen molar-refractivity contribution in [2.45, 2.75) is 0 Å². The van der Waals surface area contributed by atoms with Gasteiger partial charge in [-0.25, -0.2) is 0 Å². The molecule has 4 heteroatoms. The van der Waals surface area contributed by atoms with Crippen LogP contribution < -0.4 is 4.90 Å². The highest BCUT2D eigenvalue weighted by Crippen LogP contribution is 2.23. The Bertz CT molecular complexity index is 348. The molecule has 0 aliphatic carbocycles. The van der Waals surface area contributed by atoms with Crippen LogP contribution in [0.2, 0.25) is 0 Å². The molecule has 1 aliphatic heterocycles. The normalized spacial score (nSPS) is 15.9. The minimum Gasteiger partial charge on any atom is -0.319 e. The van der Waals surface area contributed by atoms with E-state index in [0.29, 0.717) is 0 Å². The Morgan fingerprint density at radius 2 is 2.07 bits per heavy atom. The molecule has 0 atom stereocenters. The van der Waals surface area contributed by atoms with Crippen molar-refractivity contribution < 1.29 is 0 Å². The van der Waals surface area contributed by atoms with Crippen LogP contribution in [0.5, 0.6) is 0 Å². The molecule has 0 N–H and O–H groups in total. The molecule has 0 radical (unpaired) electrons. The lowest BCUT2D eigenvalue weighted by Crippen LogP contribution is -2.24. The largest absolute Gasteiger partial charge is 0.319 e. The predicted octanol–water partition coefficient (Wildman–Crippen LogP) is 2.99. The van der Waals surface area contributed by atoms with Gasteiger partial charge in [0, 0.05) is 16.7 Å². The summed E-state index contributed by atoms with van der Waals surface area (Å²) in [6.07, 6.45) is 2.07. The van der Waals surface area contributed by atoms with E-state index in [9.17, 15) is 0 Å². The average Bonchev–Trinajstić information content (AvgIpc) is 2.67. The van der Waals surface area contributed by atoms with Crippen molar-refractivity contribution >= 4 is 38.5 Å². The zero-order valence-corrected chi connectivity index (χ0v) is 10.3. The van der Waals surface area contributed by atoms with Crippen molar-refractivity contribution in [3.63, 3.8) is 0 Å². The summed E-state index contributed by atoms with van der Waals surface area (Å²) in [6.45, 7) is 1.91. The molecule has 1 aromatic carbocycles. The molecule has 2 rings (SSSR count). The van der Waals surface area contributed by atoms with E-state index >= 15 is 0 Å². The molecule has 0 saturated carbocycles. The van der Waals surface area contributed by atoms with E-state index in [4.69, 9.17) is 0 Å². The van der Waals surface area contributed by atoms with Crippen molar-refractivity contribution in [3.8, 4) is 0 Å². The van der Waals surface area contributed by atoms with Crippen LogP contribution in [-0.4, -0.2) is 24.5 Å². The van der Waals surface area contributed by atoms with Gasteiger partial charge >= 0.3 is 0 Å². The van der Waals surface area contributed by atoms with Gasteiger partial charge < -0.3 is 4.90 Å². The fourth-order valence-electron chi connectivity index (χ4n) is 1.46. The Morgan fingerprint density at radius 3 is 2.71 bits per heavy atom. The molecule has 0 spiro atoms. The van der Waals surface area contributed by atoms with Gasteiger partial charge in [0.15, 0.2) is 5.17 Å². The highest BCUT2D eigenvalue weighted by Gasteiger charge is 2.16. The van der Waals surface area contributed by atoms with Crippen LogP contribution in [0, 0.1) is 0 Å². The molecule has 0 fully saturated rings. The van der Waals surface area contributed by atoms with Crippen molar-refractivity contribution in [2.75, 3.05) is 24.2 Å². The van der Waals surface area contributed by atoms with Crippen molar-refractivity contribution in [1.29, 1.82) is 0 Å². The standard InChI is InChI=1S/C10H11BrN2S/c1-14-10-12-6-7-13(10)9-4-2-8(11)3-5-9/h2-5H,6-7H2,1H3. The first kappa shape index (κ1) is 10.1. The molecule has 0 unspecified atom stereocenters. The van der Waals surface area contributed by atoms with Crippen LogP contribution in [0.4, 0.5) is 5.69 Å². The second-order valence-corrected chi connectivity index (χ2v) is 4.69. The highest BCUT2D eigenvalue weighted by atomic mass is 79.9. The van der Waals surface area contributed by atoms with Gasteiger partial charge in [-0.15, -0.1) is 0 Å². The van der Waals surface area contributed by atoms with Crippen LogP contribution in [0.25, 0.3) is 0 Å². The number of hydrogen-bond acceptors (Lipinski definition) is 3. The van der Waals surface area contributed by atoms with E-state index in [1.165, 1.54) is 5.69 Å². The molecular weight excluding hydrogens is 260 g/mol. The molecule has 1 heterocycles. The molecule has 0 aromatic heterocycles. The first-order valence-electron chi connectivity index (χ1n) is 4.43. The fourth-order valence-corrected chi connectivity index (χ4v) is 2.36. The summed E-state index contributed by atoms with van der Waals surface area (Å²) >= 11 is 5.14. The Kier molecular flexibility index (Phi) is 3.13. The number of nitrogens with zero attached hydrogens (tertiary/aromatic N) is 2. The summed E-state index contributed by atoms with van der Waals surface area (Å²) in [4.78, 5) is 6.68. The molecule has 2 nitrogen and oxygen atoms in total. The first-order chi connectivity index (χ1) is 6.81. The maximum Gasteiger partial charge on any atom is 0.163 e. The lowest BCUT2D eigenvalue weighted by Gasteiger charge is -2.18. The SMILES string of the molecule is CSC1=NCCN1c1ccc(Br)cc1. The quantitative estimate of drug-likeness (QED) is 0.780. The Hall–Kier alpha value is -0.480. The third kappa shape index (κ3) is 1.96. The van der Waals surface area contributed by atoms with E-state index in [0.717, 1.165) is 22.7 Å². The van der Waals surface area contributed by atoms with Crippen LogP contribution in [-0.2, 0) is 0 Å². The Labute approximate surface area is 96.5 Å². The smallest absolute Gasteiger partial charge is 0.163 e. The van der Waals surface area contributed by atoms with Crippen LogP contribution >= 0.6 is 27.7 Å². The lowest BCUT2D eigenvalue weighted by molar-refractivity contribution is 1.02. The van der Waals surface area contributed by atoms with Gasteiger partial charge in [-0.3, -0.25) is 4.99 Å². The van der Waals surface area contributed by atoms with Gasteiger partial charge in [0.2, 0.25) is 0 Å². The van der Waals surface area contributed by atoms with Crippen LogP contribution in [0.1, 0.15) is 0 Å². The fraction of sp³-hybridized carbons (Fsp3) is 0.300. The predicted molar refractivity (Wildman–Crippen MR) is 67.3 cm³/mol. The van der Waals surface area contributed by atoms with E-state index in [2.05, 4.69) is 56.3 Å². The second kappa shape index (κ2) is 4.36. The maximum absolute atomic E-state index is 4.43. The van der Waals surface area contributed by atoms with Gasteiger partial charge in [-0.05, 0) is 30.5 Å². The summed E-state index contributed by atoms with van der Waals surface area (Å²) in [5, 5.41) is 1.12. The van der Waals surface area contributed by atoms with Crippen LogP contribution in [0.3, 0.4) is 0 Å². The third-order valence-electron chi connectivity index (χ3n) is 2.12. The maximum atomic E-state index is 4.43. The van der Waals surface area contributed by atoms with Crippen molar-refractivity contribution in [1.82, 2.24) is 0 Å². The van der Waals surface area contributed by atoms with Crippen molar-refractivity contribution in [3.05, 3.63) is 28.7 Å². The number of amidine groups is 1. The highest BCUT2D eigenvalue weighted by molar-refractivity contribution is 9.10. The molecule has 0 amide bonds. The minimum absolute atomic E-state index is 0.909. The molecule has 74 valence electrons. The third-order valence-corrected chi connectivity index (χ3v) is 3.37. The molecule has 1 aliphatic rings. The van der Waals surface area contributed by atoms with Crippen molar-refractivity contribution in [2.24, 2.45) is 4.99 Å². The number of rotatable bonds is 1. The number of halogens is 1. The van der Waals surface area contributed by atoms with Gasteiger partial charge in [0.05, 0.1) is 6.54 Å². The van der Waals surface area contributed by atoms with E-state index < -0.39 is 0 Å². The van der Waals surface area contributed by atoms with Gasteiger partial charge in [0.1, 0.15) is 0 Å². The summed E-state index contributed by atoms with van der Waals surface area (Å²) in [5.74, 6) is 0. The molecular formula is C10H11BrN2S. The zero-order chi connectivity index (χ0) is 9.97. The van der Waals surface area contributed by atoms with Crippen LogP contribution in [0.15, 0.2) is 33.7 Å². The van der Waals surface area contributed by atoms with Gasteiger partial charge in [-0.2, -0.15) is 0 Å². The summed E-state index contributed by atoms with van der Waals surface area (Å²) in [5.41, 5.74) is 1.22. The number of anilines is 1. The summed E-state index contributed by atoms with van der Waals surface area (Å²) in [7, 11) is 0. The number of hydrogen-bond donors (Lipinski definition) is 0. The van der Waals surface area contributed by atoms with E-state index in [1.54, 1.807) is 11.8 Å². The average molecular weight is 271 g/mol. The van der Waals surface area contributed by atoms with E-state index in [1.807, 2.05) is 0 Å². The Balaban J connectivity index is 2.23. The topological polar surface area (TPSA) is 15.6 Å². The summed E-state index contributed by atoms with van der Waals surface area (Å²) < 4.78 is 1.11. The lowest BCUT2D eigenvalue weighted by atomic mass is 10.3. The molecule has 14 heavy (non-hydrogen) atoms. The first-order valence-corrected chi connectivity index (χ1v) is 6.44. The number of benzene rings is 1. The number of thioether (sulfide) groups is 1.